The fraction of sp³-hybridized carbons (Fsp3) is 0.533. The molecule has 0 unspecified atom stereocenters. The molecule has 1 atom stereocenters. The number of carboxylic acids is 1. The van der Waals surface area contributed by atoms with Crippen LogP contribution in [0.4, 0.5) is 5.69 Å². The summed E-state index contributed by atoms with van der Waals surface area (Å²) in [6.07, 6.45) is 1.75. The molecule has 1 aromatic rings. The van der Waals surface area contributed by atoms with Gasteiger partial charge in [-0.2, -0.15) is 12.7 Å². The van der Waals surface area contributed by atoms with Crippen molar-refractivity contribution in [2.75, 3.05) is 11.3 Å². The molecule has 1 saturated heterocycles. The number of nitrogens with zero attached hydrogens (tertiary/aromatic N) is 1. The highest BCUT2D eigenvalue weighted by Gasteiger charge is 2.36. The van der Waals surface area contributed by atoms with Crippen LogP contribution in [-0.2, 0) is 15.0 Å². The minimum Gasteiger partial charge on any atom is -0.480 e. The largest absolute Gasteiger partial charge is 0.480 e. The van der Waals surface area contributed by atoms with Gasteiger partial charge < -0.3 is 5.11 Å². The lowest BCUT2D eigenvalue weighted by molar-refractivity contribution is -0.142. The Morgan fingerprint density at radius 3 is 2.36 bits per heavy atom. The van der Waals surface area contributed by atoms with E-state index in [9.17, 15) is 18.3 Å². The molecule has 0 aliphatic carbocycles. The van der Waals surface area contributed by atoms with Crippen LogP contribution in [0.25, 0.3) is 0 Å². The zero-order valence-electron chi connectivity index (χ0n) is 13.1. The van der Waals surface area contributed by atoms with Gasteiger partial charge in [0.05, 0.1) is 5.69 Å². The standard InChI is InChI=1S/C15H22N2O4S/c1-10-8-13(9-11(2)12(10)3)16-22(20,21)17-7-5-4-6-14(17)15(18)19/h8-9,14,16H,4-7H2,1-3H3,(H,18,19)/t14-/m0/s1. The van der Waals surface area contributed by atoms with Crippen LogP contribution in [0.5, 0.6) is 0 Å². The lowest BCUT2D eigenvalue weighted by Crippen LogP contribution is -2.49. The van der Waals surface area contributed by atoms with Crippen molar-refractivity contribution in [3.05, 3.63) is 28.8 Å². The van der Waals surface area contributed by atoms with Crippen molar-refractivity contribution >= 4 is 21.9 Å². The maximum Gasteiger partial charge on any atom is 0.322 e. The van der Waals surface area contributed by atoms with Crippen LogP contribution in [0.2, 0.25) is 0 Å². The van der Waals surface area contributed by atoms with Gasteiger partial charge in [-0.25, -0.2) is 0 Å². The number of hydrogen-bond donors (Lipinski definition) is 2. The number of aliphatic carboxylic acids is 1. The molecule has 1 aliphatic heterocycles. The summed E-state index contributed by atoms with van der Waals surface area (Å²) in [4.78, 5) is 11.3. The zero-order chi connectivity index (χ0) is 16.5. The van der Waals surface area contributed by atoms with Gasteiger partial charge in [0, 0.05) is 6.54 Å². The van der Waals surface area contributed by atoms with E-state index in [1.165, 1.54) is 0 Å². The molecule has 0 aromatic heterocycles. The van der Waals surface area contributed by atoms with E-state index in [1.54, 1.807) is 12.1 Å². The molecule has 0 spiro atoms. The average Bonchev–Trinajstić information content (AvgIpc) is 2.44. The normalized spacial score (nSPS) is 19.9. The van der Waals surface area contributed by atoms with Crippen LogP contribution in [0.15, 0.2) is 12.1 Å². The van der Waals surface area contributed by atoms with Crippen LogP contribution in [0.1, 0.15) is 36.0 Å². The van der Waals surface area contributed by atoms with E-state index in [-0.39, 0.29) is 6.54 Å². The molecule has 1 fully saturated rings. The van der Waals surface area contributed by atoms with Gasteiger partial charge in [-0.3, -0.25) is 9.52 Å². The maximum absolute atomic E-state index is 12.5. The van der Waals surface area contributed by atoms with Gasteiger partial charge in [0.2, 0.25) is 0 Å². The molecule has 0 amide bonds. The number of rotatable bonds is 4. The van der Waals surface area contributed by atoms with E-state index < -0.39 is 22.2 Å². The molecule has 6 nitrogen and oxygen atoms in total. The Balaban J connectivity index is 2.28. The smallest absolute Gasteiger partial charge is 0.322 e. The van der Waals surface area contributed by atoms with Crippen LogP contribution in [-0.4, -0.2) is 36.4 Å². The Morgan fingerprint density at radius 2 is 1.82 bits per heavy atom. The topological polar surface area (TPSA) is 86.7 Å². The Labute approximate surface area is 131 Å². The Bertz CT molecular complexity index is 662. The number of hydrogen-bond acceptors (Lipinski definition) is 3. The molecule has 1 aliphatic rings. The van der Waals surface area contributed by atoms with Crippen molar-refractivity contribution < 1.29 is 18.3 Å². The molecular weight excluding hydrogens is 304 g/mol. The van der Waals surface area contributed by atoms with E-state index in [2.05, 4.69) is 4.72 Å². The lowest BCUT2D eigenvalue weighted by atomic mass is 10.0. The maximum atomic E-state index is 12.5. The number of anilines is 1. The van der Waals surface area contributed by atoms with Gasteiger partial charge in [-0.05, 0) is 68.9 Å². The molecule has 2 N–H and O–H groups in total. The molecule has 1 aromatic carbocycles. The molecule has 2 rings (SSSR count). The van der Waals surface area contributed by atoms with Crippen molar-refractivity contribution in [1.82, 2.24) is 4.31 Å². The first-order valence-electron chi connectivity index (χ1n) is 7.32. The van der Waals surface area contributed by atoms with E-state index in [0.29, 0.717) is 18.5 Å². The van der Waals surface area contributed by atoms with Crippen molar-refractivity contribution in [2.24, 2.45) is 0 Å². The average molecular weight is 326 g/mol. The summed E-state index contributed by atoms with van der Waals surface area (Å²) in [5, 5.41) is 9.23. The van der Waals surface area contributed by atoms with E-state index in [1.807, 2.05) is 20.8 Å². The SMILES string of the molecule is Cc1cc(NS(=O)(=O)N2CCCC[C@H]2C(=O)O)cc(C)c1C. The number of carbonyl (C=O) groups is 1. The Morgan fingerprint density at radius 1 is 1.23 bits per heavy atom. The monoisotopic (exact) mass is 326 g/mol. The molecule has 0 saturated carbocycles. The fourth-order valence-electron chi connectivity index (χ4n) is 2.74. The quantitative estimate of drug-likeness (QED) is 0.888. The number of nitrogens with one attached hydrogen (secondary N) is 1. The summed E-state index contributed by atoms with van der Waals surface area (Å²) >= 11 is 0. The second-order valence-corrected chi connectivity index (χ2v) is 7.43. The summed E-state index contributed by atoms with van der Waals surface area (Å²) in [5.74, 6) is -1.10. The van der Waals surface area contributed by atoms with Crippen LogP contribution in [0, 0.1) is 20.8 Å². The van der Waals surface area contributed by atoms with Crippen LogP contribution in [0.3, 0.4) is 0 Å². The zero-order valence-corrected chi connectivity index (χ0v) is 13.9. The summed E-state index contributed by atoms with van der Waals surface area (Å²) in [5.41, 5.74) is 3.57. The van der Waals surface area contributed by atoms with Gasteiger partial charge in [0.25, 0.3) is 0 Å². The molecule has 0 radical (unpaired) electrons. The minimum absolute atomic E-state index is 0.232. The molecule has 22 heavy (non-hydrogen) atoms. The van der Waals surface area contributed by atoms with Crippen molar-refractivity contribution in [2.45, 2.75) is 46.1 Å². The summed E-state index contributed by atoms with van der Waals surface area (Å²) < 4.78 is 28.6. The predicted octanol–water partition coefficient (Wildman–Crippen LogP) is 2.21. The summed E-state index contributed by atoms with van der Waals surface area (Å²) in [7, 11) is -3.87. The number of piperidine rings is 1. The Hall–Kier alpha value is -1.60. The van der Waals surface area contributed by atoms with Gasteiger partial charge in [-0.1, -0.05) is 0 Å². The summed E-state index contributed by atoms with van der Waals surface area (Å²) in [6.45, 7) is 6.05. The van der Waals surface area contributed by atoms with Crippen LogP contribution >= 0.6 is 0 Å². The van der Waals surface area contributed by atoms with Crippen molar-refractivity contribution in [1.29, 1.82) is 0 Å². The van der Waals surface area contributed by atoms with Gasteiger partial charge >= 0.3 is 16.2 Å². The van der Waals surface area contributed by atoms with Crippen molar-refractivity contribution in [3.63, 3.8) is 0 Å². The number of aryl methyl sites for hydroxylation is 2. The van der Waals surface area contributed by atoms with Crippen molar-refractivity contribution in [3.8, 4) is 0 Å². The van der Waals surface area contributed by atoms with E-state index >= 15 is 0 Å². The second kappa shape index (κ2) is 6.26. The third kappa shape index (κ3) is 3.41. The molecular formula is C15H22N2O4S. The van der Waals surface area contributed by atoms with E-state index in [4.69, 9.17) is 0 Å². The third-order valence-electron chi connectivity index (χ3n) is 4.22. The third-order valence-corrected chi connectivity index (χ3v) is 5.77. The van der Waals surface area contributed by atoms with Crippen LogP contribution < -0.4 is 4.72 Å². The first kappa shape index (κ1) is 16.8. The second-order valence-electron chi connectivity index (χ2n) is 5.80. The highest BCUT2D eigenvalue weighted by Crippen LogP contribution is 2.24. The first-order valence-corrected chi connectivity index (χ1v) is 8.76. The molecule has 7 heteroatoms. The van der Waals surface area contributed by atoms with Gasteiger partial charge in [0.1, 0.15) is 6.04 Å². The number of carboxylic acid groups (broad SMARTS) is 1. The van der Waals surface area contributed by atoms with Gasteiger partial charge in [-0.15, -0.1) is 0 Å². The highest BCUT2D eigenvalue weighted by atomic mass is 32.2. The lowest BCUT2D eigenvalue weighted by Gasteiger charge is -2.32. The minimum atomic E-state index is -3.87. The van der Waals surface area contributed by atoms with Gasteiger partial charge in [0.15, 0.2) is 0 Å². The fourth-order valence-corrected chi connectivity index (χ4v) is 4.17. The first-order chi connectivity index (χ1) is 10.2. The number of benzene rings is 1. The molecule has 122 valence electrons. The predicted molar refractivity (Wildman–Crippen MR) is 85.2 cm³/mol. The Kier molecular flexibility index (Phi) is 4.77. The highest BCUT2D eigenvalue weighted by molar-refractivity contribution is 7.90. The van der Waals surface area contributed by atoms with E-state index in [0.717, 1.165) is 27.4 Å². The summed E-state index contributed by atoms with van der Waals surface area (Å²) in [6, 6.07) is 2.54. The molecule has 0 bridgehead atoms. The molecule has 1 heterocycles.